The molecule has 3 aromatic rings. The average molecular weight is 471 g/mol. The van der Waals surface area contributed by atoms with E-state index in [2.05, 4.69) is 10.3 Å². The highest BCUT2D eigenvalue weighted by Crippen LogP contribution is 2.31. The van der Waals surface area contributed by atoms with Crippen molar-refractivity contribution in [1.29, 1.82) is 0 Å². The molecule has 1 aliphatic rings. The highest BCUT2D eigenvalue weighted by molar-refractivity contribution is 7.22. The number of nitrogens with zero attached hydrogens (tertiary/aromatic N) is 3. The molecule has 0 saturated carbocycles. The lowest BCUT2D eigenvalue weighted by atomic mass is 10.3. The molecule has 0 unspecified atom stereocenters. The fourth-order valence-corrected chi connectivity index (χ4v) is 5.02. The molecule has 3 amide bonds. The van der Waals surface area contributed by atoms with Crippen LogP contribution in [0.25, 0.3) is 9.88 Å². The van der Waals surface area contributed by atoms with Crippen LogP contribution < -0.4 is 5.32 Å². The number of thiazole rings is 1. The number of hydrogen-bond donors (Lipinski definition) is 1. The van der Waals surface area contributed by atoms with Gasteiger partial charge >= 0.3 is 12.0 Å². The lowest BCUT2D eigenvalue weighted by Gasteiger charge is -2.34. The van der Waals surface area contributed by atoms with Crippen LogP contribution in [0, 0.1) is 6.92 Å². The van der Waals surface area contributed by atoms with E-state index in [-0.39, 0.29) is 18.5 Å². The van der Waals surface area contributed by atoms with Crippen molar-refractivity contribution in [2.75, 3.05) is 38.1 Å². The molecule has 1 N–H and O–H groups in total. The van der Waals surface area contributed by atoms with E-state index in [9.17, 15) is 14.4 Å². The molecular formula is C22H22N4O4S2. The van der Waals surface area contributed by atoms with Crippen LogP contribution in [0.1, 0.15) is 15.4 Å². The Balaban J connectivity index is 1.25. The number of ether oxygens (including phenoxy) is 1. The van der Waals surface area contributed by atoms with E-state index in [1.807, 2.05) is 47.8 Å². The van der Waals surface area contributed by atoms with Crippen LogP contribution in [0.4, 0.5) is 10.5 Å². The first-order valence-corrected chi connectivity index (χ1v) is 11.8. The van der Waals surface area contributed by atoms with Crippen LogP contribution in [0.2, 0.25) is 0 Å². The SMILES string of the molecule is Cc1nc(-c2cccs2)sc1C(=O)OCC(=O)N1CCN(C(=O)Nc2ccccc2)CC1. The zero-order valence-electron chi connectivity index (χ0n) is 17.4. The van der Waals surface area contributed by atoms with Crippen molar-refractivity contribution < 1.29 is 19.1 Å². The first-order chi connectivity index (χ1) is 15.5. The fraction of sp³-hybridized carbons (Fsp3) is 0.273. The number of benzene rings is 1. The molecule has 3 heterocycles. The molecular weight excluding hydrogens is 448 g/mol. The fourth-order valence-electron chi connectivity index (χ4n) is 3.26. The third-order valence-corrected chi connectivity index (χ3v) is 7.16. The van der Waals surface area contributed by atoms with Crippen LogP contribution in [-0.2, 0) is 9.53 Å². The number of thiophene rings is 1. The van der Waals surface area contributed by atoms with Gasteiger partial charge in [-0.05, 0) is 30.5 Å². The maximum Gasteiger partial charge on any atom is 0.350 e. The number of carbonyl (C=O) groups excluding carboxylic acids is 3. The summed E-state index contributed by atoms with van der Waals surface area (Å²) in [6, 6.07) is 12.9. The Kier molecular flexibility index (Phi) is 6.81. The molecule has 0 spiro atoms. The third kappa shape index (κ3) is 5.14. The van der Waals surface area contributed by atoms with E-state index in [1.54, 1.807) is 28.1 Å². The van der Waals surface area contributed by atoms with Crippen LogP contribution in [0.15, 0.2) is 47.8 Å². The number of urea groups is 1. The zero-order valence-corrected chi connectivity index (χ0v) is 19.1. The Morgan fingerprint density at radius 1 is 1.03 bits per heavy atom. The lowest BCUT2D eigenvalue weighted by Crippen LogP contribution is -2.52. The Morgan fingerprint density at radius 2 is 1.75 bits per heavy atom. The van der Waals surface area contributed by atoms with Gasteiger partial charge in [0.05, 0.1) is 10.6 Å². The highest BCUT2D eigenvalue weighted by atomic mass is 32.1. The van der Waals surface area contributed by atoms with Gasteiger partial charge in [-0.2, -0.15) is 0 Å². The molecule has 1 aliphatic heterocycles. The van der Waals surface area contributed by atoms with Crippen molar-refractivity contribution in [3.8, 4) is 9.88 Å². The maximum absolute atomic E-state index is 12.5. The molecule has 32 heavy (non-hydrogen) atoms. The molecule has 1 aromatic carbocycles. The first-order valence-electron chi connectivity index (χ1n) is 10.1. The molecule has 0 aliphatic carbocycles. The molecule has 1 fully saturated rings. The van der Waals surface area contributed by atoms with Gasteiger partial charge in [0.15, 0.2) is 6.61 Å². The van der Waals surface area contributed by atoms with Crippen molar-refractivity contribution in [2.24, 2.45) is 0 Å². The summed E-state index contributed by atoms with van der Waals surface area (Å²) in [6.07, 6.45) is 0. The molecule has 0 bridgehead atoms. The third-order valence-electron chi connectivity index (χ3n) is 4.99. The lowest BCUT2D eigenvalue weighted by molar-refractivity contribution is -0.135. The van der Waals surface area contributed by atoms with E-state index < -0.39 is 5.97 Å². The molecule has 8 nitrogen and oxygen atoms in total. The largest absolute Gasteiger partial charge is 0.451 e. The van der Waals surface area contributed by atoms with Gasteiger partial charge in [-0.3, -0.25) is 4.79 Å². The summed E-state index contributed by atoms with van der Waals surface area (Å²) in [5.41, 5.74) is 1.32. The Labute approximate surface area is 193 Å². The standard InChI is InChI=1S/C22H22N4O4S2/c1-15-19(32-20(23-15)17-8-5-13-31-17)21(28)30-14-18(27)25-9-11-26(12-10-25)22(29)24-16-6-3-2-4-7-16/h2-8,13H,9-12,14H2,1H3,(H,24,29). The number of rotatable bonds is 5. The van der Waals surface area contributed by atoms with Crippen LogP contribution in [0.3, 0.4) is 0 Å². The second kappa shape index (κ2) is 9.92. The second-order valence-electron chi connectivity index (χ2n) is 7.15. The van der Waals surface area contributed by atoms with Crippen LogP contribution in [0.5, 0.6) is 0 Å². The quantitative estimate of drug-likeness (QED) is 0.574. The van der Waals surface area contributed by atoms with E-state index in [0.29, 0.717) is 36.8 Å². The molecule has 10 heteroatoms. The number of carbonyl (C=O) groups is 3. The number of piperazine rings is 1. The highest BCUT2D eigenvalue weighted by Gasteiger charge is 2.26. The summed E-state index contributed by atoms with van der Waals surface area (Å²) in [7, 11) is 0. The topological polar surface area (TPSA) is 91.8 Å². The van der Waals surface area contributed by atoms with Crippen molar-refractivity contribution in [3.63, 3.8) is 0 Å². The summed E-state index contributed by atoms with van der Waals surface area (Å²) >= 11 is 2.82. The smallest absolute Gasteiger partial charge is 0.350 e. The monoisotopic (exact) mass is 470 g/mol. The van der Waals surface area contributed by atoms with Gasteiger partial charge in [-0.15, -0.1) is 22.7 Å². The van der Waals surface area contributed by atoms with Gasteiger partial charge in [0, 0.05) is 31.9 Å². The number of nitrogens with one attached hydrogen (secondary N) is 1. The summed E-state index contributed by atoms with van der Waals surface area (Å²) < 4.78 is 5.26. The van der Waals surface area contributed by atoms with Crippen molar-refractivity contribution >= 4 is 46.3 Å². The summed E-state index contributed by atoms with van der Waals surface area (Å²) in [5, 5.41) is 5.56. The van der Waals surface area contributed by atoms with Gasteiger partial charge < -0.3 is 19.9 Å². The minimum absolute atomic E-state index is 0.197. The number of aryl methyl sites for hydroxylation is 1. The zero-order chi connectivity index (χ0) is 22.5. The summed E-state index contributed by atoms with van der Waals surface area (Å²) in [5.74, 6) is -0.820. The molecule has 166 valence electrons. The number of esters is 1. The predicted molar refractivity (Wildman–Crippen MR) is 124 cm³/mol. The number of amides is 3. The number of hydrogen-bond acceptors (Lipinski definition) is 7. The van der Waals surface area contributed by atoms with Crippen LogP contribution in [-0.4, -0.2) is 65.5 Å². The summed E-state index contributed by atoms with van der Waals surface area (Å²) in [4.78, 5) is 46.4. The number of para-hydroxylation sites is 1. The van der Waals surface area contributed by atoms with E-state index in [0.717, 1.165) is 15.6 Å². The summed E-state index contributed by atoms with van der Waals surface area (Å²) in [6.45, 7) is 3.03. The minimum atomic E-state index is -0.544. The second-order valence-corrected chi connectivity index (χ2v) is 9.10. The first kappa shape index (κ1) is 22.0. The molecule has 0 atom stereocenters. The average Bonchev–Trinajstić information content (AvgIpc) is 3.48. The van der Waals surface area contributed by atoms with E-state index >= 15 is 0 Å². The Morgan fingerprint density at radius 3 is 2.44 bits per heavy atom. The molecule has 4 rings (SSSR count). The van der Waals surface area contributed by atoms with Crippen molar-refractivity contribution in [2.45, 2.75) is 6.92 Å². The van der Waals surface area contributed by atoms with Gasteiger partial charge in [0.2, 0.25) is 0 Å². The van der Waals surface area contributed by atoms with Gasteiger partial charge in [-0.1, -0.05) is 24.3 Å². The Hall–Kier alpha value is -3.24. The van der Waals surface area contributed by atoms with Crippen molar-refractivity contribution in [1.82, 2.24) is 14.8 Å². The normalized spacial score (nSPS) is 13.7. The number of anilines is 1. The maximum atomic E-state index is 12.5. The van der Waals surface area contributed by atoms with Gasteiger partial charge in [0.25, 0.3) is 5.91 Å². The predicted octanol–water partition coefficient (Wildman–Crippen LogP) is 3.71. The molecule has 0 radical (unpaired) electrons. The van der Waals surface area contributed by atoms with Gasteiger partial charge in [-0.25, -0.2) is 14.6 Å². The van der Waals surface area contributed by atoms with E-state index in [4.69, 9.17) is 4.74 Å². The van der Waals surface area contributed by atoms with Gasteiger partial charge in [0.1, 0.15) is 9.88 Å². The molecule has 1 saturated heterocycles. The Bertz CT molecular complexity index is 1090. The minimum Gasteiger partial charge on any atom is -0.451 e. The van der Waals surface area contributed by atoms with E-state index in [1.165, 1.54) is 11.3 Å². The van der Waals surface area contributed by atoms with Crippen molar-refractivity contribution in [3.05, 3.63) is 58.4 Å². The molecule has 2 aromatic heterocycles. The van der Waals surface area contributed by atoms with Crippen LogP contribution >= 0.6 is 22.7 Å². The number of aromatic nitrogens is 1.